The monoisotopic (exact) mass is 301 g/mol. The maximum atomic E-state index is 13.0. The molecule has 0 spiro atoms. The second-order valence-corrected chi connectivity index (χ2v) is 4.79. The summed E-state index contributed by atoms with van der Waals surface area (Å²) in [5, 5.41) is 2.64. The zero-order valence-corrected chi connectivity index (χ0v) is 12.1. The smallest absolute Gasteiger partial charge is 0.311 e. The van der Waals surface area contributed by atoms with Gasteiger partial charge in [0.1, 0.15) is 5.82 Å². The van der Waals surface area contributed by atoms with Crippen LogP contribution in [0.5, 0.6) is 0 Å². The Hall–Kier alpha value is -2.69. The summed E-state index contributed by atoms with van der Waals surface area (Å²) in [5.74, 6) is -1.42. The molecule has 114 valence electrons. The summed E-state index contributed by atoms with van der Waals surface area (Å²) in [5.41, 5.74) is 1.13. The summed E-state index contributed by atoms with van der Waals surface area (Å²) in [6.07, 6.45) is -1.01. The van der Waals surface area contributed by atoms with Crippen LogP contribution in [0.3, 0.4) is 0 Å². The lowest BCUT2D eigenvalue weighted by Gasteiger charge is -2.13. The molecule has 4 nitrogen and oxygen atoms in total. The highest BCUT2D eigenvalue weighted by molar-refractivity contribution is 5.95. The summed E-state index contributed by atoms with van der Waals surface area (Å²) >= 11 is 0. The minimum Gasteiger partial charge on any atom is -0.452 e. The molecule has 22 heavy (non-hydrogen) atoms. The molecule has 0 bridgehead atoms. The highest BCUT2D eigenvalue weighted by Gasteiger charge is 2.18. The predicted octanol–water partition coefficient (Wildman–Crippen LogP) is 2.94. The molecule has 2 aromatic rings. The molecule has 1 amide bonds. The lowest BCUT2D eigenvalue weighted by atomic mass is 10.1. The van der Waals surface area contributed by atoms with Crippen molar-refractivity contribution in [3.8, 4) is 0 Å². The fourth-order valence-corrected chi connectivity index (χ4v) is 1.87. The number of nitrogens with one attached hydrogen (secondary N) is 1. The van der Waals surface area contributed by atoms with E-state index in [9.17, 15) is 14.0 Å². The number of rotatable bonds is 5. The largest absolute Gasteiger partial charge is 0.452 e. The van der Waals surface area contributed by atoms with Crippen LogP contribution in [0.25, 0.3) is 0 Å². The van der Waals surface area contributed by atoms with E-state index in [-0.39, 0.29) is 6.42 Å². The molecule has 0 saturated carbocycles. The van der Waals surface area contributed by atoms with Crippen LogP contribution >= 0.6 is 0 Å². The Morgan fingerprint density at radius 1 is 1.14 bits per heavy atom. The van der Waals surface area contributed by atoms with Crippen molar-refractivity contribution in [2.45, 2.75) is 19.4 Å². The summed E-state index contributed by atoms with van der Waals surface area (Å²) in [7, 11) is 0. The van der Waals surface area contributed by atoms with E-state index in [0.717, 1.165) is 0 Å². The third-order valence-electron chi connectivity index (χ3n) is 2.96. The van der Waals surface area contributed by atoms with Crippen molar-refractivity contribution in [3.63, 3.8) is 0 Å². The molecule has 0 aliphatic carbocycles. The minimum atomic E-state index is -0.929. The number of hydrogen-bond acceptors (Lipinski definition) is 3. The standard InChI is InChI=1S/C17H16FNO3/c1-12(17(21)19-15-8-3-2-4-9-15)22-16(20)11-13-6-5-7-14(18)10-13/h2-10,12H,11H2,1H3,(H,19,21)/t12-/m1/s1. The van der Waals surface area contributed by atoms with Gasteiger partial charge in [0.05, 0.1) is 6.42 Å². The van der Waals surface area contributed by atoms with Gasteiger partial charge in [-0.05, 0) is 36.8 Å². The lowest BCUT2D eigenvalue weighted by molar-refractivity contribution is -0.152. The van der Waals surface area contributed by atoms with Crippen LogP contribution in [0.15, 0.2) is 54.6 Å². The van der Waals surface area contributed by atoms with Gasteiger partial charge in [-0.25, -0.2) is 4.39 Å². The highest BCUT2D eigenvalue weighted by Crippen LogP contribution is 2.08. The third kappa shape index (κ3) is 4.70. The van der Waals surface area contributed by atoms with Crippen LogP contribution < -0.4 is 5.32 Å². The molecule has 0 aromatic heterocycles. The van der Waals surface area contributed by atoms with E-state index >= 15 is 0 Å². The van der Waals surface area contributed by atoms with Crippen molar-refractivity contribution >= 4 is 17.6 Å². The van der Waals surface area contributed by atoms with Gasteiger partial charge in [0, 0.05) is 5.69 Å². The predicted molar refractivity (Wildman–Crippen MR) is 80.7 cm³/mol. The van der Waals surface area contributed by atoms with Crippen molar-refractivity contribution in [3.05, 3.63) is 66.0 Å². The summed E-state index contributed by atoms with van der Waals surface area (Å²) in [6, 6.07) is 14.6. The number of halogens is 1. The number of hydrogen-bond donors (Lipinski definition) is 1. The van der Waals surface area contributed by atoms with Gasteiger partial charge >= 0.3 is 5.97 Å². The van der Waals surface area contributed by atoms with Gasteiger partial charge < -0.3 is 10.1 Å². The molecule has 0 radical (unpaired) electrons. The number of benzene rings is 2. The van der Waals surface area contributed by atoms with Crippen molar-refractivity contribution in [2.75, 3.05) is 5.32 Å². The van der Waals surface area contributed by atoms with E-state index in [0.29, 0.717) is 11.3 Å². The Labute approximate surface area is 127 Å². The van der Waals surface area contributed by atoms with Crippen LogP contribution in [-0.2, 0) is 20.7 Å². The maximum absolute atomic E-state index is 13.0. The Morgan fingerprint density at radius 2 is 1.86 bits per heavy atom. The van der Waals surface area contributed by atoms with E-state index in [1.807, 2.05) is 6.07 Å². The van der Waals surface area contributed by atoms with Crippen molar-refractivity contribution < 1.29 is 18.7 Å². The number of carbonyl (C=O) groups excluding carboxylic acids is 2. The molecule has 0 heterocycles. The summed E-state index contributed by atoms with van der Waals surface area (Å²) in [4.78, 5) is 23.7. The highest BCUT2D eigenvalue weighted by atomic mass is 19.1. The van der Waals surface area contributed by atoms with Crippen molar-refractivity contribution in [2.24, 2.45) is 0 Å². The summed E-state index contributed by atoms with van der Waals surface area (Å²) in [6.45, 7) is 1.49. The average Bonchev–Trinajstić information content (AvgIpc) is 2.48. The molecule has 0 aliphatic heterocycles. The molecule has 0 unspecified atom stereocenters. The number of esters is 1. The number of anilines is 1. The Bertz CT molecular complexity index is 658. The molecule has 1 N–H and O–H groups in total. The molecular weight excluding hydrogens is 285 g/mol. The number of carbonyl (C=O) groups is 2. The van der Waals surface area contributed by atoms with E-state index < -0.39 is 23.8 Å². The van der Waals surface area contributed by atoms with Gasteiger partial charge in [-0.1, -0.05) is 30.3 Å². The van der Waals surface area contributed by atoms with Gasteiger partial charge in [-0.15, -0.1) is 0 Å². The zero-order chi connectivity index (χ0) is 15.9. The molecule has 0 fully saturated rings. The average molecular weight is 301 g/mol. The minimum absolute atomic E-state index is 0.0826. The van der Waals surface area contributed by atoms with E-state index in [4.69, 9.17) is 4.74 Å². The molecule has 1 atom stereocenters. The lowest BCUT2D eigenvalue weighted by Crippen LogP contribution is -2.30. The van der Waals surface area contributed by atoms with Gasteiger partial charge in [0.25, 0.3) is 5.91 Å². The molecule has 0 saturated heterocycles. The first-order valence-electron chi connectivity index (χ1n) is 6.84. The molecular formula is C17H16FNO3. The number of ether oxygens (including phenoxy) is 1. The second kappa shape index (κ2) is 7.36. The van der Waals surface area contributed by atoms with Gasteiger partial charge in [-0.2, -0.15) is 0 Å². The first-order chi connectivity index (χ1) is 10.5. The Balaban J connectivity index is 1.86. The number of amides is 1. The van der Waals surface area contributed by atoms with Crippen molar-refractivity contribution in [1.29, 1.82) is 0 Å². The maximum Gasteiger partial charge on any atom is 0.311 e. The van der Waals surface area contributed by atoms with E-state index in [1.54, 1.807) is 30.3 Å². The topological polar surface area (TPSA) is 55.4 Å². The van der Waals surface area contributed by atoms with Crippen LogP contribution in [-0.4, -0.2) is 18.0 Å². The Morgan fingerprint density at radius 3 is 2.55 bits per heavy atom. The van der Waals surface area contributed by atoms with Gasteiger partial charge in [0.15, 0.2) is 6.10 Å². The van der Waals surface area contributed by atoms with Gasteiger partial charge in [-0.3, -0.25) is 9.59 Å². The Kier molecular flexibility index (Phi) is 5.25. The summed E-state index contributed by atoms with van der Waals surface area (Å²) < 4.78 is 18.1. The SMILES string of the molecule is C[C@@H](OC(=O)Cc1cccc(F)c1)C(=O)Nc1ccccc1. The van der Waals surface area contributed by atoms with Crippen LogP contribution in [0.4, 0.5) is 10.1 Å². The molecule has 0 aliphatic rings. The van der Waals surface area contributed by atoms with Gasteiger partial charge in [0.2, 0.25) is 0 Å². The fourth-order valence-electron chi connectivity index (χ4n) is 1.87. The first-order valence-corrected chi connectivity index (χ1v) is 6.84. The molecule has 2 aromatic carbocycles. The normalized spacial score (nSPS) is 11.5. The second-order valence-electron chi connectivity index (χ2n) is 4.79. The van der Waals surface area contributed by atoms with E-state index in [2.05, 4.69) is 5.32 Å². The number of para-hydroxylation sites is 1. The van der Waals surface area contributed by atoms with E-state index in [1.165, 1.54) is 25.1 Å². The van der Waals surface area contributed by atoms with Crippen LogP contribution in [0.1, 0.15) is 12.5 Å². The quantitative estimate of drug-likeness (QED) is 0.864. The van der Waals surface area contributed by atoms with Crippen LogP contribution in [0, 0.1) is 5.82 Å². The van der Waals surface area contributed by atoms with Crippen LogP contribution in [0.2, 0.25) is 0 Å². The molecule has 2 rings (SSSR count). The first kappa shape index (κ1) is 15.7. The zero-order valence-electron chi connectivity index (χ0n) is 12.1. The third-order valence-corrected chi connectivity index (χ3v) is 2.96. The van der Waals surface area contributed by atoms with Crippen molar-refractivity contribution in [1.82, 2.24) is 0 Å². The fraction of sp³-hybridized carbons (Fsp3) is 0.176. The molecule has 5 heteroatoms.